The number of carbonyl (C=O) groups excluding carboxylic acids is 1. The number of nitrogen functional groups attached to an aromatic ring is 1. The Hall–Kier alpha value is -3.61. The van der Waals surface area contributed by atoms with Crippen molar-refractivity contribution in [2.75, 3.05) is 19.4 Å². The summed E-state index contributed by atoms with van der Waals surface area (Å²) in [4.78, 5) is 24.1. The van der Waals surface area contributed by atoms with Gasteiger partial charge in [-0.25, -0.2) is 4.98 Å². The van der Waals surface area contributed by atoms with Crippen LogP contribution in [0, 0.1) is 0 Å². The van der Waals surface area contributed by atoms with Crippen molar-refractivity contribution in [3.8, 4) is 22.6 Å². The third-order valence-corrected chi connectivity index (χ3v) is 5.71. The number of pyridine rings is 2. The van der Waals surface area contributed by atoms with E-state index in [1.165, 1.54) is 0 Å². The topological polar surface area (TPSA) is 90.6 Å². The van der Waals surface area contributed by atoms with Crippen LogP contribution < -0.4 is 15.2 Å². The van der Waals surface area contributed by atoms with Crippen LogP contribution in [-0.4, -0.2) is 40.0 Å². The van der Waals surface area contributed by atoms with Gasteiger partial charge in [0.15, 0.2) is 5.60 Å². The van der Waals surface area contributed by atoms with Gasteiger partial charge < -0.3 is 20.1 Å². The summed E-state index contributed by atoms with van der Waals surface area (Å²) in [6.07, 6.45) is 5.36. The van der Waals surface area contributed by atoms with Crippen molar-refractivity contribution in [2.45, 2.75) is 38.3 Å². The number of ether oxygens (including phenoxy) is 2. The van der Waals surface area contributed by atoms with E-state index in [4.69, 9.17) is 15.2 Å². The molecule has 2 aromatic heterocycles. The first-order valence-corrected chi connectivity index (χ1v) is 10.7. The highest BCUT2D eigenvalue weighted by Gasteiger charge is 2.40. The van der Waals surface area contributed by atoms with E-state index in [0.29, 0.717) is 18.1 Å². The molecule has 1 fully saturated rings. The predicted octanol–water partition coefficient (Wildman–Crippen LogP) is 4.26. The summed E-state index contributed by atoms with van der Waals surface area (Å²) in [5, 5.41) is 0. The number of carbonyl (C=O) groups is 1. The number of hydrogen-bond donors (Lipinski definition) is 1. The molecule has 32 heavy (non-hydrogen) atoms. The summed E-state index contributed by atoms with van der Waals surface area (Å²) in [6.45, 7) is 4.30. The molecule has 0 spiro atoms. The summed E-state index contributed by atoms with van der Waals surface area (Å²) in [6, 6.07) is 14.9. The number of hydrogen-bond acceptors (Lipinski definition) is 6. The average molecular weight is 433 g/mol. The van der Waals surface area contributed by atoms with Crippen molar-refractivity contribution in [1.82, 2.24) is 14.9 Å². The minimum absolute atomic E-state index is 0.0515. The number of benzene rings is 1. The maximum absolute atomic E-state index is 13.4. The molecular formula is C25H28N4O3. The second kappa shape index (κ2) is 8.86. The van der Waals surface area contributed by atoms with E-state index in [-0.39, 0.29) is 11.9 Å². The fraction of sp³-hybridized carbons (Fsp3) is 0.320. The Morgan fingerprint density at radius 2 is 1.66 bits per heavy atom. The third-order valence-electron chi connectivity index (χ3n) is 5.71. The number of aromatic nitrogens is 2. The molecule has 7 nitrogen and oxygen atoms in total. The van der Waals surface area contributed by atoms with Crippen LogP contribution in [0.15, 0.2) is 60.9 Å². The monoisotopic (exact) mass is 432 g/mol. The molecule has 1 amide bonds. The molecule has 0 bridgehead atoms. The summed E-state index contributed by atoms with van der Waals surface area (Å²) in [5.41, 5.74) is 7.45. The molecule has 1 atom stereocenters. The first-order chi connectivity index (χ1) is 15.4. The molecular weight excluding hydrogens is 404 g/mol. The lowest BCUT2D eigenvalue weighted by atomic mass is 10.0. The molecule has 2 N–H and O–H groups in total. The number of amides is 1. The zero-order chi connectivity index (χ0) is 22.7. The Morgan fingerprint density at radius 1 is 1.00 bits per heavy atom. The highest BCUT2D eigenvalue weighted by Crippen LogP contribution is 2.34. The third kappa shape index (κ3) is 4.51. The van der Waals surface area contributed by atoms with Crippen LogP contribution in [0.1, 0.15) is 38.4 Å². The first-order valence-electron chi connectivity index (χ1n) is 10.7. The molecule has 3 aromatic rings. The molecule has 1 saturated heterocycles. The molecule has 1 aromatic carbocycles. The Morgan fingerprint density at radius 3 is 2.25 bits per heavy atom. The number of methoxy groups -OCH3 is 1. The van der Waals surface area contributed by atoms with E-state index in [1.54, 1.807) is 33.2 Å². The normalized spacial score (nSPS) is 16.1. The highest BCUT2D eigenvalue weighted by molar-refractivity contribution is 5.85. The Kier molecular flexibility index (Phi) is 5.99. The first kappa shape index (κ1) is 21.6. The molecule has 1 aliphatic heterocycles. The lowest BCUT2D eigenvalue weighted by Crippen LogP contribution is -2.48. The van der Waals surface area contributed by atoms with Crippen LogP contribution in [0.5, 0.6) is 11.5 Å². The molecule has 3 heterocycles. The molecule has 7 heteroatoms. The van der Waals surface area contributed by atoms with Gasteiger partial charge >= 0.3 is 0 Å². The van der Waals surface area contributed by atoms with Gasteiger partial charge in [0.1, 0.15) is 17.3 Å². The fourth-order valence-corrected chi connectivity index (χ4v) is 3.99. The lowest BCUT2D eigenvalue weighted by molar-refractivity contribution is -0.146. The summed E-state index contributed by atoms with van der Waals surface area (Å²) < 4.78 is 11.2. The van der Waals surface area contributed by atoms with E-state index in [2.05, 4.69) is 9.97 Å². The molecule has 0 aliphatic carbocycles. The molecule has 166 valence electrons. The smallest absolute Gasteiger partial charge is 0.266 e. The summed E-state index contributed by atoms with van der Waals surface area (Å²) >= 11 is 0. The SMILES string of the molecule is COc1ccc(OC(C)(C)C(=O)N2CCC[C@@H]2c2ccc(-c3ccc(N)nc3)cn2)cc1. The van der Waals surface area contributed by atoms with E-state index in [9.17, 15) is 4.79 Å². The summed E-state index contributed by atoms with van der Waals surface area (Å²) in [7, 11) is 1.62. The van der Waals surface area contributed by atoms with Gasteiger partial charge in [-0.2, -0.15) is 0 Å². The van der Waals surface area contributed by atoms with Crippen molar-refractivity contribution in [3.63, 3.8) is 0 Å². The van der Waals surface area contributed by atoms with Crippen molar-refractivity contribution in [2.24, 2.45) is 0 Å². The molecule has 1 aliphatic rings. The lowest BCUT2D eigenvalue weighted by Gasteiger charge is -2.33. The minimum atomic E-state index is -1.01. The molecule has 0 unspecified atom stereocenters. The van der Waals surface area contributed by atoms with Gasteiger partial charge in [0, 0.05) is 30.1 Å². The number of likely N-dealkylation sites (tertiary alicyclic amines) is 1. The standard InChI is InChI=1S/C25H28N4O3/c1-25(2,32-20-10-8-19(31-3)9-11-20)24(30)29-14-4-5-22(29)21-12-6-17(15-27-21)18-7-13-23(26)28-16-18/h6-13,15-16,22H,4-5,14H2,1-3H3,(H2,26,28)/t22-/m1/s1. The van der Waals surface area contributed by atoms with Crippen molar-refractivity contribution < 1.29 is 14.3 Å². The number of rotatable bonds is 6. The average Bonchev–Trinajstić information content (AvgIpc) is 3.29. The second-order valence-electron chi connectivity index (χ2n) is 8.39. The van der Waals surface area contributed by atoms with E-state index < -0.39 is 5.60 Å². The summed E-state index contributed by atoms with van der Waals surface area (Å²) in [5.74, 6) is 1.80. The van der Waals surface area contributed by atoms with Crippen LogP contribution in [0.4, 0.5) is 5.82 Å². The van der Waals surface area contributed by atoms with Gasteiger partial charge in [0.2, 0.25) is 0 Å². The molecule has 0 saturated carbocycles. The quantitative estimate of drug-likeness (QED) is 0.626. The maximum Gasteiger partial charge on any atom is 0.266 e. The second-order valence-corrected chi connectivity index (χ2v) is 8.39. The fourth-order valence-electron chi connectivity index (χ4n) is 3.99. The Balaban J connectivity index is 1.49. The number of nitrogens with two attached hydrogens (primary N) is 1. The van der Waals surface area contributed by atoms with Crippen LogP contribution in [0.3, 0.4) is 0 Å². The van der Waals surface area contributed by atoms with Gasteiger partial charge in [-0.3, -0.25) is 9.78 Å². The number of anilines is 1. The van der Waals surface area contributed by atoms with Gasteiger partial charge in [0.05, 0.1) is 18.8 Å². The van der Waals surface area contributed by atoms with Crippen LogP contribution in [-0.2, 0) is 4.79 Å². The van der Waals surface area contributed by atoms with E-state index in [0.717, 1.165) is 35.4 Å². The van der Waals surface area contributed by atoms with Gasteiger partial charge in [-0.15, -0.1) is 0 Å². The van der Waals surface area contributed by atoms with Crippen LogP contribution in [0.25, 0.3) is 11.1 Å². The van der Waals surface area contributed by atoms with Crippen LogP contribution >= 0.6 is 0 Å². The Labute approximate surface area is 188 Å². The Bertz CT molecular complexity index is 1060. The number of nitrogens with zero attached hydrogens (tertiary/aromatic N) is 3. The van der Waals surface area contributed by atoms with Crippen molar-refractivity contribution in [1.29, 1.82) is 0 Å². The van der Waals surface area contributed by atoms with Crippen molar-refractivity contribution >= 4 is 11.7 Å². The largest absolute Gasteiger partial charge is 0.497 e. The minimum Gasteiger partial charge on any atom is -0.497 e. The van der Waals surface area contributed by atoms with E-state index in [1.807, 2.05) is 53.6 Å². The highest BCUT2D eigenvalue weighted by atomic mass is 16.5. The van der Waals surface area contributed by atoms with Crippen LogP contribution in [0.2, 0.25) is 0 Å². The van der Waals surface area contributed by atoms with Crippen molar-refractivity contribution in [3.05, 3.63) is 66.6 Å². The van der Waals surface area contributed by atoms with E-state index >= 15 is 0 Å². The molecule has 0 radical (unpaired) electrons. The van der Waals surface area contributed by atoms with Gasteiger partial charge in [0.25, 0.3) is 5.91 Å². The van der Waals surface area contributed by atoms with Gasteiger partial charge in [-0.05, 0) is 69.2 Å². The predicted molar refractivity (Wildman–Crippen MR) is 123 cm³/mol. The zero-order valence-electron chi connectivity index (χ0n) is 18.6. The van der Waals surface area contributed by atoms with Gasteiger partial charge in [-0.1, -0.05) is 6.07 Å². The maximum atomic E-state index is 13.4. The zero-order valence-corrected chi connectivity index (χ0v) is 18.6. The molecule has 4 rings (SSSR count).